The number of hydrogen-bond donors (Lipinski definition) is 1. The minimum Gasteiger partial charge on any atom is -0.445 e. The minimum atomic E-state index is -0.0959. The van der Waals surface area contributed by atoms with Crippen LogP contribution >= 0.6 is 0 Å². The van der Waals surface area contributed by atoms with Crippen LogP contribution in [0.3, 0.4) is 0 Å². The second-order valence-electron chi connectivity index (χ2n) is 6.59. The summed E-state index contributed by atoms with van der Waals surface area (Å²) in [7, 11) is 1.86. The number of aromatic nitrogens is 5. The highest BCUT2D eigenvalue weighted by Gasteiger charge is 2.36. The third-order valence-electron chi connectivity index (χ3n) is 4.67. The molecule has 3 aromatic heterocycles. The summed E-state index contributed by atoms with van der Waals surface area (Å²) >= 11 is 0. The molecule has 4 rings (SSSR count). The molecule has 9 nitrogen and oxygen atoms in total. The third-order valence-corrected chi connectivity index (χ3v) is 4.67. The van der Waals surface area contributed by atoms with Crippen LogP contribution in [0.4, 0.5) is 0 Å². The maximum Gasteiger partial charge on any atom is 0.268 e. The Morgan fingerprint density at radius 2 is 2.27 bits per heavy atom. The van der Waals surface area contributed by atoms with E-state index in [1.54, 1.807) is 17.1 Å². The highest BCUT2D eigenvalue weighted by molar-refractivity contribution is 5.93. The highest BCUT2D eigenvalue weighted by atomic mass is 16.4. The van der Waals surface area contributed by atoms with Gasteiger partial charge in [-0.2, -0.15) is 0 Å². The predicted octanol–water partition coefficient (Wildman–Crippen LogP) is 0.769. The Bertz CT molecular complexity index is 883. The maximum absolute atomic E-state index is 12.6. The number of hydrogen-bond acceptors (Lipinski definition) is 6. The maximum atomic E-state index is 12.6. The van der Waals surface area contributed by atoms with Gasteiger partial charge >= 0.3 is 0 Å². The Kier molecular flexibility index (Phi) is 4.29. The van der Waals surface area contributed by atoms with E-state index in [2.05, 4.69) is 25.5 Å². The van der Waals surface area contributed by atoms with Gasteiger partial charge in [0.25, 0.3) is 5.91 Å². The summed E-state index contributed by atoms with van der Waals surface area (Å²) in [6.45, 7) is 3.88. The van der Waals surface area contributed by atoms with E-state index in [1.807, 2.05) is 43.1 Å². The first-order valence-electron chi connectivity index (χ1n) is 8.52. The third kappa shape index (κ3) is 3.25. The van der Waals surface area contributed by atoms with Gasteiger partial charge in [-0.1, -0.05) is 5.21 Å². The molecule has 0 saturated carbocycles. The van der Waals surface area contributed by atoms with Crippen LogP contribution in [0.1, 0.15) is 28.2 Å². The van der Waals surface area contributed by atoms with Gasteiger partial charge < -0.3 is 14.3 Å². The Hall–Kier alpha value is -2.94. The first-order chi connectivity index (χ1) is 12.6. The van der Waals surface area contributed by atoms with Crippen LogP contribution in [0.25, 0.3) is 0 Å². The number of oxazole rings is 1. The van der Waals surface area contributed by atoms with Crippen molar-refractivity contribution in [3.63, 3.8) is 0 Å². The van der Waals surface area contributed by atoms with Crippen molar-refractivity contribution in [2.75, 3.05) is 13.1 Å². The molecule has 0 bridgehead atoms. The van der Waals surface area contributed by atoms with Gasteiger partial charge in [-0.05, 0) is 19.1 Å². The van der Waals surface area contributed by atoms with Gasteiger partial charge in [-0.15, -0.1) is 5.10 Å². The summed E-state index contributed by atoms with van der Waals surface area (Å²) in [6, 6.07) is 3.57. The molecule has 9 heteroatoms. The van der Waals surface area contributed by atoms with Gasteiger partial charge in [-0.3, -0.25) is 9.69 Å². The summed E-state index contributed by atoms with van der Waals surface area (Å²) in [6.07, 6.45) is 7.05. The van der Waals surface area contributed by atoms with Crippen LogP contribution < -0.4 is 5.32 Å². The highest BCUT2D eigenvalue weighted by Crippen LogP contribution is 2.23. The van der Waals surface area contributed by atoms with Gasteiger partial charge in [0.05, 0.1) is 31.0 Å². The molecule has 0 aromatic carbocycles. The second kappa shape index (κ2) is 6.75. The molecule has 1 aliphatic heterocycles. The van der Waals surface area contributed by atoms with E-state index in [9.17, 15) is 4.79 Å². The van der Waals surface area contributed by atoms with Crippen molar-refractivity contribution >= 4 is 5.91 Å². The minimum absolute atomic E-state index is 0.00206. The zero-order chi connectivity index (χ0) is 18.1. The fourth-order valence-electron chi connectivity index (χ4n) is 3.40. The van der Waals surface area contributed by atoms with Crippen molar-refractivity contribution < 1.29 is 9.21 Å². The van der Waals surface area contributed by atoms with Gasteiger partial charge in [0.1, 0.15) is 11.5 Å². The van der Waals surface area contributed by atoms with Gasteiger partial charge in [-0.25, -0.2) is 9.67 Å². The number of nitrogens with zero attached hydrogens (tertiary/aromatic N) is 6. The Balaban J connectivity index is 1.50. The zero-order valence-electron chi connectivity index (χ0n) is 14.7. The van der Waals surface area contributed by atoms with Crippen molar-refractivity contribution in [2.45, 2.75) is 25.6 Å². The number of likely N-dealkylation sites (tertiary alicyclic amines) is 1. The number of carbonyl (C=O) groups excluding carboxylic acids is 1. The van der Waals surface area contributed by atoms with Gasteiger partial charge in [0.15, 0.2) is 0 Å². The van der Waals surface area contributed by atoms with E-state index in [4.69, 9.17) is 4.42 Å². The van der Waals surface area contributed by atoms with E-state index in [0.29, 0.717) is 24.7 Å². The van der Waals surface area contributed by atoms with E-state index in [-0.39, 0.29) is 18.0 Å². The molecular weight excluding hydrogens is 334 g/mol. The molecule has 136 valence electrons. The lowest BCUT2D eigenvalue weighted by Crippen LogP contribution is -2.42. The van der Waals surface area contributed by atoms with Crippen molar-refractivity contribution in [3.05, 3.63) is 54.3 Å². The summed E-state index contributed by atoms with van der Waals surface area (Å²) in [5.41, 5.74) is 0.629. The smallest absolute Gasteiger partial charge is 0.268 e. The number of nitrogens with one attached hydrogen (secondary N) is 1. The largest absolute Gasteiger partial charge is 0.445 e. The monoisotopic (exact) mass is 355 g/mol. The molecule has 1 N–H and O–H groups in total. The topological polar surface area (TPSA) is 94.0 Å². The molecule has 0 unspecified atom stereocenters. The van der Waals surface area contributed by atoms with E-state index in [0.717, 1.165) is 12.3 Å². The van der Waals surface area contributed by atoms with Crippen LogP contribution in [-0.2, 0) is 13.6 Å². The van der Waals surface area contributed by atoms with Gasteiger partial charge in [0, 0.05) is 32.5 Å². The van der Waals surface area contributed by atoms with Gasteiger partial charge in [0.2, 0.25) is 5.89 Å². The van der Waals surface area contributed by atoms with Crippen LogP contribution in [0.15, 0.2) is 41.3 Å². The molecule has 3 aromatic rings. The van der Waals surface area contributed by atoms with Crippen molar-refractivity contribution in [2.24, 2.45) is 7.05 Å². The molecule has 2 atom stereocenters. The number of rotatable bonds is 5. The number of amides is 1. The Morgan fingerprint density at radius 1 is 1.38 bits per heavy atom. The lowest BCUT2D eigenvalue weighted by Gasteiger charge is -2.19. The van der Waals surface area contributed by atoms with E-state index < -0.39 is 0 Å². The normalized spacial score (nSPS) is 20.5. The van der Waals surface area contributed by atoms with Crippen LogP contribution in [0, 0.1) is 6.92 Å². The predicted molar refractivity (Wildman–Crippen MR) is 92.2 cm³/mol. The second-order valence-corrected chi connectivity index (χ2v) is 6.59. The van der Waals surface area contributed by atoms with Crippen molar-refractivity contribution in [1.29, 1.82) is 0 Å². The summed E-state index contributed by atoms with van der Waals surface area (Å²) in [5, 5.41) is 11.2. The Labute approximate surface area is 150 Å². The molecule has 1 fully saturated rings. The van der Waals surface area contributed by atoms with Crippen LogP contribution in [-0.4, -0.2) is 54.5 Å². The summed E-state index contributed by atoms with van der Waals surface area (Å²) in [4.78, 5) is 19.1. The fourth-order valence-corrected chi connectivity index (χ4v) is 3.40. The van der Waals surface area contributed by atoms with E-state index in [1.165, 1.54) is 0 Å². The molecule has 1 saturated heterocycles. The molecule has 0 radical (unpaired) electrons. The molecule has 26 heavy (non-hydrogen) atoms. The Morgan fingerprint density at radius 3 is 2.92 bits per heavy atom. The van der Waals surface area contributed by atoms with Crippen molar-refractivity contribution in [1.82, 2.24) is 34.8 Å². The number of aryl methyl sites for hydroxylation is 2. The van der Waals surface area contributed by atoms with E-state index >= 15 is 0 Å². The lowest BCUT2D eigenvalue weighted by atomic mass is 10.1. The zero-order valence-corrected chi connectivity index (χ0v) is 14.7. The van der Waals surface area contributed by atoms with Crippen LogP contribution in [0.5, 0.6) is 0 Å². The molecular formula is C17H21N7O2. The standard InChI is InChI=1S/C17H21N7O2/c1-12-8-18-16(26-12)11-23-9-13(15(10-23)24-7-5-19-21-24)20-17(25)14-4-3-6-22(14)2/h3-8,13,15H,9-11H2,1-2H3,(H,20,25)/t13-,15+/m1/s1. The molecule has 1 aliphatic rings. The average Bonchev–Trinajstić information content (AvgIpc) is 3.36. The molecule has 1 amide bonds. The summed E-state index contributed by atoms with van der Waals surface area (Å²) < 4.78 is 9.19. The number of carbonyl (C=O) groups is 1. The molecule has 0 aliphatic carbocycles. The lowest BCUT2D eigenvalue weighted by molar-refractivity contribution is 0.0921. The first kappa shape index (κ1) is 16.5. The molecule has 0 spiro atoms. The molecule has 4 heterocycles. The quantitative estimate of drug-likeness (QED) is 0.726. The fraction of sp³-hybridized carbons (Fsp3) is 0.412. The first-order valence-corrected chi connectivity index (χ1v) is 8.52. The van der Waals surface area contributed by atoms with Crippen LogP contribution in [0.2, 0.25) is 0 Å². The average molecular weight is 355 g/mol. The van der Waals surface area contributed by atoms with Crippen molar-refractivity contribution in [3.8, 4) is 0 Å². The summed E-state index contributed by atoms with van der Waals surface area (Å²) in [5.74, 6) is 1.37. The SMILES string of the molecule is Cc1cnc(CN2C[C@@H](NC(=O)c3cccn3C)[C@@H](n3ccnn3)C2)o1.